The van der Waals surface area contributed by atoms with Gasteiger partial charge in [-0.3, -0.25) is 0 Å². The molecule has 1 aromatic rings. The Morgan fingerprint density at radius 3 is 2.62 bits per heavy atom. The number of rotatable bonds is 1. The summed E-state index contributed by atoms with van der Waals surface area (Å²) in [5.41, 5.74) is 7.46. The lowest BCUT2D eigenvalue weighted by Gasteiger charge is -2.32. The van der Waals surface area contributed by atoms with Crippen molar-refractivity contribution in [2.24, 2.45) is 5.73 Å². The van der Waals surface area contributed by atoms with E-state index in [1.165, 1.54) is 0 Å². The number of hydrogen-bond donors (Lipinski definition) is 1. The first-order valence-electron chi connectivity index (χ1n) is 5.41. The van der Waals surface area contributed by atoms with Gasteiger partial charge in [-0.2, -0.15) is 5.26 Å². The van der Waals surface area contributed by atoms with Crippen LogP contribution in [0.4, 0.5) is 5.69 Å². The highest BCUT2D eigenvalue weighted by Crippen LogP contribution is 2.28. The van der Waals surface area contributed by atoms with E-state index in [9.17, 15) is 0 Å². The quantitative estimate of drug-likeness (QED) is 0.812. The van der Waals surface area contributed by atoms with E-state index in [2.05, 4.69) is 11.0 Å². The maximum atomic E-state index is 8.76. The number of nitriles is 1. The first-order valence-corrected chi connectivity index (χ1v) is 5.78. The summed E-state index contributed by atoms with van der Waals surface area (Å²) in [7, 11) is 0. The van der Waals surface area contributed by atoms with Crippen LogP contribution in [0.1, 0.15) is 18.4 Å². The van der Waals surface area contributed by atoms with E-state index in [1.807, 2.05) is 6.07 Å². The zero-order valence-electron chi connectivity index (χ0n) is 8.99. The third-order valence-electron chi connectivity index (χ3n) is 2.96. The Bertz CT molecular complexity index is 417. The van der Waals surface area contributed by atoms with Gasteiger partial charge >= 0.3 is 0 Å². The molecule has 2 N–H and O–H groups in total. The molecule has 1 aromatic carbocycles. The highest BCUT2D eigenvalue weighted by Gasteiger charge is 2.18. The second-order valence-corrected chi connectivity index (χ2v) is 4.51. The van der Waals surface area contributed by atoms with Crippen molar-refractivity contribution in [2.75, 3.05) is 18.0 Å². The number of hydrogen-bond acceptors (Lipinski definition) is 3. The molecule has 2 rings (SSSR count). The molecule has 4 heteroatoms. The van der Waals surface area contributed by atoms with Crippen LogP contribution in [0.25, 0.3) is 0 Å². The number of anilines is 1. The molecular weight excluding hydrogens is 222 g/mol. The highest BCUT2D eigenvalue weighted by atomic mass is 35.5. The molecule has 84 valence electrons. The Morgan fingerprint density at radius 1 is 1.38 bits per heavy atom. The molecule has 0 atom stereocenters. The van der Waals surface area contributed by atoms with Crippen LogP contribution in [0.2, 0.25) is 5.02 Å². The number of benzene rings is 1. The molecular formula is C12H14ClN3. The monoisotopic (exact) mass is 235 g/mol. The smallest absolute Gasteiger partial charge is 0.0992 e. The van der Waals surface area contributed by atoms with Gasteiger partial charge in [0.05, 0.1) is 22.3 Å². The number of nitrogens with two attached hydrogens (primary N) is 1. The summed E-state index contributed by atoms with van der Waals surface area (Å²) in [5.74, 6) is 0. The molecule has 0 amide bonds. The van der Waals surface area contributed by atoms with E-state index in [-0.39, 0.29) is 0 Å². The summed E-state index contributed by atoms with van der Waals surface area (Å²) < 4.78 is 0. The Morgan fingerprint density at radius 2 is 2.06 bits per heavy atom. The molecule has 0 saturated carbocycles. The summed E-state index contributed by atoms with van der Waals surface area (Å²) >= 11 is 6.15. The average Bonchev–Trinajstić information content (AvgIpc) is 2.30. The minimum absolute atomic E-state index is 0.313. The lowest BCUT2D eigenvalue weighted by atomic mass is 10.1. The van der Waals surface area contributed by atoms with E-state index in [4.69, 9.17) is 22.6 Å². The van der Waals surface area contributed by atoms with Crippen LogP contribution in [0.5, 0.6) is 0 Å². The van der Waals surface area contributed by atoms with E-state index in [0.29, 0.717) is 16.6 Å². The van der Waals surface area contributed by atoms with Crippen LogP contribution < -0.4 is 10.6 Å². The van der Waals surface area contributed by atoms with Gasteiger partial charge in [-0.25, -0.2) is 0 Å². The van der Waals surface area contributed by atoms with Crippen LogP contribution in [-0.2, 0) is 0 Å². The molecule has 0 unspecified atom stereocenters. The Labute approximate surface area is 100 Å². The maximum Gasteiger partial charge on any atom is 0.0992 e. The zero-order chi connectivity index (χ0) is 11.5. The number of nitrogens with zero attached hydrogens (tertiary/aromatic N) is 2. The summed E-state index contributed by atoms with van der Waals surface area (Å²) in [6.45, 7) is 1.87. The van der Waals surface area contributed by atoms with Crippen LogP contribution in [0, 0.1) is 11.3 Å². The molecule has 1 saturated heterocycles. The Kier molecular flexibility index (Phi) is 3.33. The summed E-state index contributed by atoms with van der Waals surface area (Å²) in [6.07, 6.45) is 1.99. The molecule has 16 heavy (non-hydrogen) atoms. The highest BCUT2D eigenvalue weighted by molar-refractivity contribution is 6.33. The number of halogens is 1. The third kappa shape index (κ3) is 2.29. The van der Waals surface area contributed by atoms with Gasteiger partial charge in [0, 0.05) is 19.1 Å². The van der Waals surface area contributed by atoms with Crippen molar-refractivity contribution in [3.05, 3.63) is 28.8 Å². The van der Waals surface area contributed by atoms with Gasteiger partial charge in [0.1, 0.15) is 0 Å². The van der Waals surface area contributed by atoms with Gasteiger partial charge in [-0.1, -0.05) is 11.6 Å². The SMILES string of the molecule is N#Cc1ccc(N2CCC(N)CC2)c(Cl)c1. The lowest BCUT2D eigenvalue weighted by molar-refractivity contribution is 0.501. The third-order valence-corrected chi connectivity index (χ3v) is 3.26. The summed E-state index contributed by atoms with van der Waals surface area (Å²) in [6, 6.07) is 7.82. The molecule has 0 aromatic heterocycles. The largest absolute Gasteiger partial charge is 0.370 e. The molecule has 0 radical (unpaired) electrons. The molecule has 0 aliphatic carbocycles. The summed E-state index contributed by atoms with van der Waals surface area (Å²) in [5, 5.41) is 9.41. The minimum atomic E-state index is 0.313. The second-order valence-electron chi connectivity index (χ2n) is 4.10. The Hall–Kier alpha value is -1.24. The van der Waals surface area contributed by atoms with E-state index < -0.39 is 0 Å². The van der Waals surface area contributed by atoms with Gasteiger partial charge in [0.25, 0.3) is 0 Å². The maximum absolute atomic E-state index is 8.76. The van der Waals surface area contributed by atoms with Crippen molar-refractivity contribution in [1.29, 1.82) is 5.26 Å². The van der Waals surface area contributed by atoms with Crippen molar-refractivity contribution in [3.8, 4) is 6.07 Å². The molecule has 3 nitrogen and oxygen atoms in total. The van der Waals surface area contributed by atoms with Crippen molar-refractivity contribution in [3.63, 3.8) is 0 Å². The summed E-state index contributed by atoms with van der Waals surface area (Å²) in [4.78, 5) is 2.23. The van der Waals surface area contributed by atoms with E-state index in [0.717, 1.165) is 31.6 Å². The van der Waals surface area contributed by atoms with Crippen molar-refractivity contribution in [1.82, 2.24) is 0 Å². The van der Waals surface area contributed by atoms with Gasteiger partial charge in [0.15, 0.2) is 0 Å². The van der Waals surface area contributed by atoms with Gasteiger partial charge in [-0.15, -0.1) is 0 Å². The van der Waals surface area contributed by atoms with Crippen LogP contribution in [0.15, 0.2) is 18.2 Å². The fraction of sp³-hybridized carbons (Fsp3) is 0.417. The van der Waals surface area contributed by atoms with Crippen LogP contribution in [0.3, 0.4) is 0 Å². The first kappa shape index (κ1) is 11.3. The van der Waals surface area contributed by atoms with Crippen LogP contribution in [-0.4, -0.2) is 19.1 Å². The molecule has 0 spiro atoms. The molecule has 0 bridgehead atoms. The zero-order valence-corrected chi connectivity index (χ0v) is 9.74. The average molecular weight is 236 g/mol. The van der Waals surface area contributed by atoms with Crippen molar-refractivity contribution >= 4 is 17.3 Å². The topological polar surface area (TPSA) is 53.0 Å². The predicted octanol–water partition coefficient (Wildman–Crippen LogP) is 2.14. The van der Waals surface area contributed by atoms with E-state index in [1.54, 1.807) is 12.1 Å². The van der Waals surface area contributed by atoms with Gasteiger partial charge in [-0.05, 0) is 31.0 Å². The van der Waals surface area contributed by atoms with Gasteiger partial charge in [0.2, 0.25) is 0 Å². The van der Waals surface area contributed by atoms with Crippen molar-refractivity contribution in [2.45, 2.75) is 18.9 Å². The first-order chi connectivity index (χ1) is 7.70. The minimum Gasteiger partial charge on any atom is -0.370 e. The normalized spacial score (nSPS) is 17.2. The van der Waals surface area contributed by atoms with Crippen LogP contribution >= 0.6 is 11.6 Å². The fourth-order valence-electron chi connectivity index (χ4n) is 1.97. The van der Waals surface area contributed by atoms with Gasteiger partial charge < -0.3 is 10.6 Å². The fourth-order valence-corrected chi connectivity index (χ4v) is 2.27. The molecule has 1 fully saturated rings. The molecule has 1 aliphatic rings. The lowest BCUT2D eigenvalue weighted by Crippen LogP contribution is -2.39. The van der Waals surface area contributed by atoms with Crippen molar-refractivity contribution < 1.29 is 0 Å². The Balaban J connectivity index is 2.18. The molecule has 1 aliphatic heterocycles. The predicted molar refractivity (Wildman–Crippen MR) is 65.6 cm³/mol. The van der Waals surface area contributed by atoms with E-state index >= 15 is 0 Å². The number of piperidine rings is 1. The molecule has 1 heterocycles. The standard InChI is InChI=1S/C12H14ClN3/c13-11-7-9(8-14)1-2-12(11)16-5-3-10(15)4-6-16/h1-2,7,10H,3-6,15H2. The second kappa shape index (κ2) is 4.73.